The van der Waals surface area contributed by atoms with Gasteiger partial charge in [-0.05, 0) is 55.5 Å². The molecule has 4 N–H and O–H groups in total. The molecule has 3 heterocycles. The Bertz CT molecular complexity index is 968. The van der Waals surface area contributed by atoms with Gasteiger partial charge in [0, 0.05) is 30.9 Å². The van der Waals surface area contributed by atoms with Gasteiger partial charge in [-0.2, -0.15) is 0 Å². The first-order chi connectivity index (χ1) is 13.2. The number of anilines is 1. The number of hydrogen-bond acceptors (Lipinski definition) is 5. The minimum absolute atomic E-state index is 0.500. The predicted octanol–water partition coefficient (Wildman–Crippen LogP) is 2.80. The minimum Gasteiger partial charge on any atom is -0.383 e. The Morgan fingerprint density at radius 2 is 2.00 bits per heavy atom. The van der Waals surface area contributed by atoms with E-state index in [2.05, 4.69) is 43.8 Å². The summed E-state index contributed by atoms with van der Waals surface area (Å²) < 4.78 is 2.32. The molecule has 2 aliphatic rings. The molecule has 27 heavy (non-hydrogen) atoms. The number of aromatic nitrogens is 3. The van der Waals surface area contributed by atoms with Gasteiger partial charge in [-0.3, -0.25) is 0 Å². The third-order valence-electron chi connectivity index (χ3n) is 6.18. The molecular formula is C21H26N6. The van der Waals surface area contributed by atoms with Crippen LogP contribution in [0.25, 0.3) is 22.2 Å². The largest absolute Gasteiger partial charge is 0.383 e. The van der Waals surface area contributed by atoms with Gasteiger partial charge in [0.25, 0.3) is 0 Å². The zero-order valence-electron chi connectivity index (χ0n) is 15.5. The highest BCUT2D eigenvalue weighted by Gasteiger charge is 2.34. The van der Waals surface area contributed by atoms with Gasteiger partial charge in [-0.15, -0.1) is 0 Å². The molecule has 2 aromatic heterocycles. The van der Waals surface area contributed by atoms with Crippen molar-refractivity contribution in [3.63, 3.8) is 0 Å². The maximum Gasteiger partial charge on any atom is 0.146 e. The van der Waals surface area contributed by atoms with Gasteiger partial charge in [-0.1, -0.05) is 18.2 Å². The minimum atomic E-state index is 0.500. The van der Waals surface area contributed by atoms with Crippen LogP contribution in [0.15, 0.2) is 36.8 Å². The van der Waals surface area contributed by atoms with E-state index in [0.717, 1.165) is 33.6 Å². The maximum absolute atomic E-state index is 6.26. The van der Waals surface area contributed by atoms with Crippen molar-refractivity contribution in [2.45, 2.75) is 31.8 Å². The van der Waals surface area contributed by atoms with Gasteiger partial charge in [0.05, 0.1) is 5.39 Å². The van der Waals surface area contributed by atoms with Gasteiger partial charge < -0.3 is 20.9 Å². The van der Waals surface area contributed by atoms with Crippen LogP contribution in [-0.2, 0) is 6.54 Å². The molecule has 1 aromatic carbocycles. The Morgan fingerprint density at radius 3 is 2.74 bits per heavy atom. The number of likely N-dealkylation sites (tertiary alicyclic amines) is 1. The van der Waals surface area contributed by atoms with E-state index in [9.17, 15) is 0 Å². The van der Waals surface area contributed by atoms with Crippen molar-refractivity contribution in [3.05, 3.63) is 42.4 Å². The number of nitrogen functional groups attached to an aromatic ring is 1. The SMILES string of the molecule is NCc1cccc(-c2cn(C3CC(CN4CCC4)C3)c3ncnc(N)c23)c1. The van der Waals surface area contributed by atoms with Gasteiger partial charge in [0.1, 0.15) is 17.8 Å². The first-order valence-electron chi connectivity index (χ1n) is 9.85. The van der Waals surface area contributed by atoms with Crippen molar-refractivity contribution in [3.8, 4) is 11.1 Å². The van der Waals surface area contributed by atoms with Crippen LogP contribution < -0.4 is 11.5 Å². The summed E-state index contributed by atoms with van der Waals surface area (Å²) in [7, 11) is 0. The monoisotopic (exact) mass is 362 g/mol. The lowest BCUT2D eigenvalue weighted by molar-refractivity contribution is 0.0921. The van der Waals surface area contributed by atoms with Crippen molar-refractivity contribution in [1.82, 2.24) is 19.4 Å². The van der Waals surface area contributed by atoms with Gasteiger partial charge in [-0.25, -0.2) is 9.97 Å². The summed E-state index contributed by atoms with van der Waals surface area (Å²) in [5.74, 6) is 1.35. The molecular weight excluding hydrogens is 336 g/mol. The molecule has 1 aliphatic carbocycles. The average molecular weight is 362 g/mol. The lowest BCUT2D eigenvalue weighted by Crippen LogP contribution is -2.43. The van der Waals surface area contributed by atoms with Gasteiger partial charge in [0.2, 0.25) is 0 Å². The average Bonchev–Trinajstić information content (AvgIpc) is 3.00. The number of nitrogens with zero attached hydrogens (tertiary/aromatic N) is 4. The summed E-state index contributed by atoms with van der Waals surface area (Å²) in [5.41, 5.74) is 16.4. The fourth-order valence-corrected chi connectivity index (χ4v) is 4.48. The normalized spacial score (nSPS) is 22.6. The molecule has 6 nitrogen and oxygen atoms in total. The van der Waals surface area contributed by atoms with Gasteiger partial charge in [0.15, 0.2) is 0 Å². The fourth-order valence-electron chi connectivity index (χ4n) is 4.48. The van der Waals surface area contributed by atoms with Crippen LogP contribution in [0.5, 0.6) is 0 Å². The van der Waals surface area contributed by atoms with Crippen molar-refractivity contribution < 1.29 is 0 Å². The highest BCUT2D eigenvalue weighted by atomic mass is 15.2. The van der Waals surface area contributed by atoms with E-state index in [-0.39, 0.29) is 0 Å². The van der Waals surface area contributed by atoms with E-state index in [0.29, 0.717) is 18.4 Å². The number of benzene rings is 1. The van der Waals surface area contributed by atoms with Crippen molar-refractivity contribution >= 4 is 16.9 Å². The molecule has 3 aromatic rings. The predicted molar refractivity (Wildman–Crippen MR) is 108 cm³/mol. The molecule has 0 spiro atoms. The zero-order chi connectivity index (χ0) is 18.4. The summed E-state index contributed by atoms with van der Waals surface area (Å²) in [6.45, 7) is 4.33. The molecule has 6 heteroatoms. The van der Waals surface area contributed by atoms with E-state index in [1.165, 1.54) is 38.9 Å². The molecule has 1 aliphatic heterocycles. The summed E-state index contributed by atoms with van der Waals surface area (Å²) >= 11 is 0. The van der Waals surface area contributed by atoms with Crippen molar-refractivity contribution in [2.24, 2.45) is 11.7 Å². The molecule has 0 atom stereocenters. The summed E-state index contributed by atoms with van der Waals surface area (Å²) in [6, 6.07) is 8.85. The molecule has 140 valence electrons. The fraction of sp³-hybridized carbons (Fsp3) is 0.429. The Kier molecular flexibility index (Phi) is 4.10. The molecule has 0 amide bonds. The molecule has 0 radical (unpaired) electrons. The van der Waals surface area contributed by atoms with Crippen LogP contribution >= 0.6 is 0 Å². The van der Waals surface area contributed by atoms with Gasteiger partial charge >= 0.3 is 0 Å². The second kappa shape index (κ2) is 6.62. The van der Waals surface area contributed by atoms with Crippen LogP contribution in [0.1, 0.15) is 30.9 Å². The Hall–Kier alpha value is -2.44. The Morgan fingerprint density at radius 1 is 1.15 bits per heavy atom. The Balaban J connectivity index is 1.49. The summed E-state index contributed by atoms with van der Waals surface area (Å²) in [4.78, 5) is 11.4. The van der Waals surface area contributed by atoms with Crippen LogP contribution in [0, 0.1) is 5.92 Å². The van der Waals surface area contributed by atoms with Crippen LogP contribution in [0.2, 0.25) is 0 Å². The third kappa shape index (κ3) is 2.89. The number of hydrogen-bond donors (Lipinski definition) is 2. The van der Waals surface area contributed by atoms with Crippen molar-refractivity contribution in [2.75, 3.05) is 25.4 Å². The molecule has 0 bridgehead atoms. The lowest BCUT2D eigenvalue weighted by atomic mass is 9.79. The van der Waals surface area contributed by atoms with E-state index in [4.69, 9.17) is 11.5 Å². The first kappa shape index (κ1) is 16.7. The Labute approximate surface area is 159 Å². The van der Waals surface area contributed by atoms with Crippen LogP contribution in [0.4, 0.5) is 5.82 Å². The van der Waals surface area contributed by atoms with E-state index >= 15 is 0 Å². The molecule has 2 fully saturated rings. The topological polar surface area (TPSA) is 86.0 Å². The highest BCUT2D eigenvalue weighted by molar-refractivity contribution is 6.00. The molecule has 1 saturated heterocycles. The maximum atomic E-state index is 6.26. The van der Waals surface area contributed by atoms with Crippen LogP contribution in [0.3, 0.4) is 0 Å². The smallest absolute Gasteiger partial charge is 0.146 e. The van der Waals surface area contributed by atoms with Crippen LogP contribution in [-0.4, -0.2) is 39.1 Å². The number of nitrogens with two attached hydrogens (primary N) is 2. The molecule has 1 saturated carbocycles. The third-order valence-corrected chi connectivity index (χ3v) is 6.18. The highest BCUT2D eigenvalue weighted by Crippen LogP contribution is 2.43. The second-order valence-corrected chi connectivity index (χ2v) is 7.96. The van der Waals surface area contributed by atoms with E-state index in [1.807, 2.05) is 6.07 Å². The summed E-state index contributed by atoms with van der Waals surface area (Å²) in [6.07, 6.45) is 7.58. The zero-order valence-corrected chi connectivity index (χ0v) is 15.5. The second-order valence-electron chi connectivity index (χ2n) is 7.96. The molecule has 0 unspecified atom stereocenters. The standard InChI is InChI=1S/C21H26N6/c22-10-14-3-1-4-16(7-14)18-12-27(21-19(18)20(23)24-13-25-21)17-8-15(9-17)11-26-5-2-6-26/h1,3-4,7,12-13,15,17H,2,5-6,8-11,22H2,(H2,23,24,25). The summed E-state index contributed by atoms with van der Waals surface area (Å²) in [5, 5.41) is 0.956. The molecule has 5 rings (SSSR count). The number of fused-ring (bicyclic) bond motifs is 1. The quantitative estimate of drug-likeness (QED) is 0.729. The van der Waals surface area contributed by atoms with Crippen molar-refractivity contribution in [1.29, 1.82) is 0 Å². The van der Waals surface area contributed by atoms with E-state index in [1.54, 1.807) is 6.33 Å². The number of rotatable bonds is 5. The first-order valence-corrected chi connectivity index (χ1v) is 9.85. The lowest BCUT2D eigenvalue weighted by Gasteiger charge is -2.42. The van der Waals surface area contributed by atoms with E-state index < -0.39 is 0 Å².